The lowest BCUT2D eigenvalue weighted by atomic mass is 10.2. The summed E-state index contributed by atoms with van der Waals surface area (Å²) in [5.41, 5.74) is 2.43. The quantitative estimate of drug-likeness (QED) is 0.409. The molecule has 1 aliphatic rings. The van der Waals surface area contributed by atoms with Gasteiger partial charge < -0.3 is 9.64 Å². The standard InChI is InChI=1S/C27H29N5O/c1-4-10-23(11-5-1)22-30-16-18-31(19-17-30)27-29-28-26(24-12-6-2-7-13-24)32(27)20-21-33-25-14-8-3-9-15-25/h1-15H,16-22H2. The lowest BCUT2D eigenvalue weighted by molar-refractivity contribution is 0.247. The Morgan fingerprint density at radius 2 is 1.33 bits per heavy atom. The van der Waals surface area contributed by atoms with E-state index in [1.165, 1.54) is 5.56 Å². The molecule has 3 aromatic carbocycles. The molecule has 6 heteroatoms. The number of piperazine rings is 1. The Bertz CT molecular complexity index is 1120. The van der Waals surface area contributed by atoms with Crippen LogP contribution in [0.2, 0.25) is 0 Å². The van der Waals surface area contributed by atoms with Crippen molar-refractivity contribution < 1.29 is 4.74 Å². The predicted molar refractivity (Wildman–Crippen MR) is 131 cm³/mol. The molecule has 6 nitrogen and oxygen atoms in total. The van der Waals surface area contributed by atoms with Gasteiger partial charge in [-0.3, -0.25) is 9.47 Å². The Labute approximate surface area is 195 Å². The molecule has 0 saturated carbocycles. The highest BCUT2D eigenvalue weighted by Gasteiger charge is 2.23. The van der Waals surface area contributed by atoms with E-state index < -0.39 is 0 Å². The molecule has 1 saturated heterocycles. The van der Waals surface area contributed by atoms with Crippen molar-refractivity contribution in [3.05, 3.63) is 96.6 Å². The van der Waals surface area contributed by atoms with Gasteiger partial charge in [-0.15, -0.1) is 10.2 Å². The fourth-order valence-electron chi connectivity index (χ4n) is 4.25. The lowest BCUT2D eigenvalue weighted by Gasteiger charge is -2.35. The summed E-state index contributed by atoms with van der Waals surface area (Å²) < 4.78 is 8.19. The molecule has 5 rings (SSSR count). The zero-order valence-corrected chi connectivity index (χ0v) is 18.8. The molecule has 168 valence electrons. The third-order valence-corrected chi connectivity index (χ3v) is 5.99. The molecular weight excluding hydrogens is 410 g/mol. The van der Waals surface area contributed by atoms with Gasteiger partial charge in [-0.2, -0.15) is 0 Å². The van der Waals surface area contributed by atoms with E-state index in [2.05, 4.69) is 67.0 Å². The highest BCUT2D eigenvalue weighted by molar-refractivity contribution is 5.57. The van der Waals surface area contributed by atoms with Crippen molar-refractivity contribution in [1.29, 1.82) is 0 Å². The summed E-state index contributed by atoms with van der Waals surface area (Å²) in [6.45, 7) is 6.10. The normalized spacial score (nSPS) is 14.4. The van der Waals surface area contributed by atoms with Crippen molar-refractivity contribution in [1.82, 2.24) is 19.7 Å². The second-order valence-electron chi connectivity index (χ2n) is 8.25. The van der Waals surface area contributed by atoms with Gasteiger partial charge in [0, 0.05) is 38.3 Å². The van der Waals surface area contributed by atoms with Crippen LogP contribution in [-0.2, 0) is 13.1 Å². The van der Waals surface area contributed by atoms with Crippen LogP contribution in [0.15, 0.2) is 91.0 Å². The first kappa shape index (κ1) is 21.2. The number of hydrogen-bond acceptors (Lipinski definition) is 5. The molecule has 1 aliphatic heterocycles. The number of hydrogen-bond donors (Lipinski definition) is 0. The van der Waals surface area contributed by atoms with Crippen LogP contribution in [-0.4, -0.2) is 52.5 Å². The minimum Gasteiger partial charge on any atom is -0.492 e. The van der Waals surface area contributed by atoms with Crippen LogP contribution >= 0.6 is 0 Å². The average molecular weight is 440 g/mol. The van der Waals surface area contributed by atoms with Crippen molar-refractivity contribution in [2.45, 2.75) is 13.1 Å². The minimum absolute atomic E-state index is 0.558. The Hall–Kier alpha value is -3.64. The van der Waals surface area contributed by atoms with E-state index >= 15 is 0 Å². The topological polar surface area (TPSA) is 46.4 Å². The lowest BCUT2D eigenvalue weighted by Crippen LogP contribution is -2.47. The van der Waals surface area contributed by atoms with E-state index in [1.807, 2.05) is 48.5 Å². The van der Waals surface area contributed by atoms with Crippen molar-refractivity contribution in [3.63, 3.8) is 0 Å². The summed E-state index contributed by atoms with van der Waals surface area (Å²) in [4.78, 5) is 4.85. The van der Waals surface area contributed by atoms with Crippen LogP contribution in [0, 0.1) is 0 Å². The van der Waals surface area contributed by atoms with Gasteiger partial charge in [-0.25, -0.2) is 0 Å². The van der Waals surface area contributed by atoms with Crippen LogP contribution in [0.4, 0.5) is 5.95 Å². The van der Waals surface area contributed by atoms with E-state index in [0.717, 1.165) is 55.8 Å². The fraction of sp³-hybridized carbons (Fsp3) is 0.259. The molecule has 0 spiro atoms. The summed E-state index contributed by atoms with van der Waals surface area (Å²) in [7, 11) is 0. The Kier molecular flexibility index (Phi) is 6.63. The largest absolute Gasteiger partial charge is 0.492 e. The van der Waals surface area contributed by atoms with Crippen molar-refractivity contribution >= 4 is 5.95 Å². The van der Waals surface area contributed by atoms with Crippen LogP contribution in [0.25, 0.3) is 11.4 Å². The first-order valence-electron chi connectivity index (χ1n) is 11.5. The van der Waals surface area contributed by atoms with Crippen molar-refractivity contribution in [2.24, 2.45) is 0 Å². The SMILES string of the molecule is c1ccc(CN2CCN(c3nnc(-c4ccccc4)n3CCOc3ccccc3)CC2)cc1. The molecule has 0 N–H and O–H groups in total. The number of rotatable bonds is 8. The van der Waals surface area contributed by atoms with E-state index in [9.17, 15) is 0 Å². The van der Waals surface area contributed by atoms with E-state index in [0.29, 0.717) is 13.2 Å². The highest BCUT2D eigenvalue weighted by Crippen LogP contribution is 2.24. The number of aromatic nitrogens is 3. The molecule has 0 atom stereocenters. The molecule has 0 aliphatic carbocycles. The van der Waals surface area contributed by atoms with Gasteiger partial charge in [0.1, 0.15) is 12.4 Å². The predicted octanol–water partition coefficient (Wildman–Crippen LogP) is 4.35. The number of ether oxygens (including phenoxy) is 1. The summed E-state index contributed by atoms with van der Waals surface area (Å²) in [5.74, 6) is 2.68. The van der Waals surface area contributed by atoms with Gasteiger partial charge in [0.25, 0.3) is 0 Å². The Balaban J connectivity index is 1.30. The molecule has 0 unspecified atom stereocenters. The molecule has 0 radical (unpaired) electrons. The first-order valence-corrected chi connectivity index (χ1v) is 11.5. The summed E-state index contributed by atoms with van der Waals surface area (Å²) in [5, 5.41) is 9.19. The summed E-state index contributed by atoms with van der Waals surface area (Å²) in [6, 6.07) is 30.9. The van der Waals surface area contributed by atoms with Gasteiger partial charge in [0.2, 0.25) is 5.95 Å². The molecular formula is C27H29N5O. The van der Waals surface area contributed by atoms with E-state index in [-0.39, 0.29) is 0 Å². The van der Waals surface area contributed by atoms with Crippen LogP contribution in [0.5, 0.6) is 5.75 Å². The number of benzene rings is 3. The molecule has 33 heavy (non-hydrogen) atoms. The average Bonchev–Trinajstić information content (AvgIpc) is 3.30. The molecule has 0 amide bonds. The summed E-state index contributed by atoms with van der Waals surface area (Å²) in [6.07, 6.45) is 0. The molecule has 1 fully saturated rings. The van der Waals surface area contributed by atoms with Crippen LogP contribution in [0.1, 0.15) is 5.56 Å². The van der Waals surface area contributed by atoms with Gasteiger partial charge in [0.05, 0.1) is 6.54 Å². The number of nitrogens with zero attached hydrogens (tertiary/aromatic N) is 5. The molecule has 1 aromatic heterocycles. The fourth-order valence-corrected chi connectivity index (χ4v) is 4.25. The maximum Gasteiger partial charge on any atom is 0.227 e. The van der Waals surface area contributed by atoms with Gasteiger partial charge in [-0.05, 0) is 17.7 Å². The van der Waals surface area contributed by atoms with Crippen molar-refractivity contribution in [3.8, 4) is 17.1 Å². The minimum atomic E-state index is 0.558. The van der Waals surface area contributed by atoms with Gasteiger partial charge >= 0.3 is 0 Å². The molecule has 2 heterocycles. The smallest absolute Gasteiger partial charge is 0.227 e. The number of anilines is 1. The Morgan fingerprint density at radius 3 is 2.03 bits per heavy atom. The maximum absolute atomic E-state index is 5.99. The molecule has 4 aromatic rings. The van der Waals surface area contributed by atoms with E-state index in [4.69, 9.17) is 4.74 Å². The maximum atomic E-state index is 5.99. The van der Waals surface area contributed by atoms with Gasteiger partial charge in [-0.1, -0.05) is 78.9 Å². The van der Waals surface area contributed by atoms with Crippen LogP contribution in [0.3, 0.4) is 0 Å². The Morgan fingerprint density at radius 1 is 0.697 bits per heavy atom. The highest BCUT2D eigenvalue weighted by atomic mass is 16.5. The van der Waals surface area contributed by atoms with Crippen molar-refractivity contribution in [2.75, 3.05) is 37.7 Å². The second kappa shape index (κ2) is 10.3. The van der Waals surface area contributed by atoms with Crippen LogP contribution < -0.4 is 9.64 Å². The third kappa shape index (κ3) is 5.23. The first-order chi connectivity index (χ1) is 16.4. The zero-order chi connectivity index (χ0) is 22.3. The second-order valence-corrected chi connectivity index (χ2v) is 8.25. The number of para-hydroxylation sites is 1. The third-order valence-electron chi connectivity index (χ3n) is 5.99. The van der Waals surface area contributed by atoms with Gasteiger partial charge in [0.15, 0.2) is 5.82 Å². The monoisotopic (exact) mass is 439 g/mol. The molecule has 0 bridgehead atoms. The van der Waals surface area contributed by atoms with E-state index in [1.54, 1.807) is 0 Å². The summed E-state index contributed by atoms with van der Waals surface area (Å²) >= 11 is 0. The zero-order valence-electron chi connectivity index (χ0n) is 18.8.